The Kier molecular flexibility index (Phi) is 6.56. The van der Waals surface area contributed by atoms with Gasteiger partial charge in [-0.1, -0.05) is 24.3 Å². The van der Waals surface area contributed by atoms with E-state index in [-0.39, 0.29) is 10.8 Å². The van der Waals surface area contributed by atoms with Gasteiger partial charge in [-0.2, -0.15) is 5.10 Å². The Morgan fingerprint density at radius 1 is 1.07 bits per heavy atom. The number of hydrogen-bond acceptors (Lipinski definition) is 4. The summed E-state index contributed by atoms with van der Waals surface area (Å²) in [6, 6.07) is 11.7. The molecule has 1 aromatic heterocycles. The van der Waals surface area contributed by atoms with Crippen LogP contribution in [-0.2, 0) is 16.4 Å². The smallest absolute Gasteiger partial charge is 0.261 e. The molecular weight excluding hydrogens is 400 g/mol. The highest BCUT2D eigenvalue weighted by Gasteiger charge is 2.19. The van der Waals surface area contributed by atoms with Crippen molar-refractivity contribution in [1.29, 1.82) is 0 Å². The number of sulfonamides is 1. The van der Waals surface area contributed by atoms with E-state index in [1.807, 2.05) is 26.0 Å². The Hall–Kier alpha value is -3.13. The number of aromatic nitrogens is 2. The van der Waals surface area contributed by atoms with Crippen LogP contribution in [0.25, 0.3) is 0 Å². The summed E-state index contributed by atoms with van der Waals surface area (Å²) in [5, 5.41) is 9.75. The van der Waals surface area contributed by atoms with E-state index in [0.29, 0.717) is 23.4 Å². The number of aryl methyl sites for hydroxylation is 4. The predicted molar refractivity (Wildman–Crippen MR) is 117 cm³/mol. The molecule has 30 heavy (non-hydrogen) atoms. The lowest BCUT2D eigenvalue weighted by Crippen LogP contribution is -2.26. The van der Waals surface area contributed by atoms with Crippen LogP contribution in [0.5, 0.6) is 0 Å². The first-order valence-electron chi connectivity index (χ1n) is 9.74. The Morgan fingerprint density at radius 3 is 2.53 bits per heavy atom. The van der Waals surface area contributed by atoms with Crippen molar-refractivity contribution in [2.24, 2.45) is 0 Å². The number of aromatic amines is 1. The zero-order chi connectivity index (χ0) is 21.7. The molecule has 8 heteroatoms. The number of anilines is 1. The molecule has 7 nitrogen and oxygen atoms in total. The molecule has 1 heterocycles. The second kappa shape index (κ2) is 9.13. The average Bonchev–Trinajstić information content (AvgIpc) is 3.11. The van der Waals surface area contributed by atoms with Crippen molar-refractivity contribution in [3.8, 4) is 0 Å². The largest absolute Gasteiger partial charge is 0.352 e. The fourth-order valence-corrected chi connectivity index (χ4v) is 4.26. The van der Waals surface area contributed by atoms with Gasteiger partial charge in [-0.3, -0.25) is 14.6 Å². The highest BCUT2D eigenvalue weighted by atomic mass is 32.2. The number of carbonyl (C=O) groups excluding carboxylic acids is 1. The lowest BCUT2D eigenvalue weighted by atomic mass is 10.1. The number of rotatable bonds is 8. The highest BCUT2D eigenvalue weighted by molar-refractivity contribution is 7.92. The third-order valence-electron chi connectivity index (χ3n) is 5.00. The van der Waals surface area contributed by atoms with Crippen molar-refractivity contribution >= 4 is 21.6 Å². The number of hydrogen-bond donors (Lipinski definition) is 3. The molecule has 0 aliphatic heterocycles. The molecule has 158 valence electrons. The van der Waals surface area contributed by atoms with Gasteiger partial charge in [0.1, 0.15) is 0 Å². The van der Waals surface area contributed by atoms with Gasteiger partial charge in [-0.05, 0) is 68.5 Å². The molecule has 0 aliphatic carbocycles. The Bertz CT molecular complexity index is 1150. The first-order chi connectivity index (χ1) is 14.3. The van der Waals surface area contributed by atoms with Crippen LogP contribution in [0.3, 0.4) is 0 Å². The molecular formula is C22H26N4O3S. The molecule has 0 saturated carbocycles. The minimum absolute atomic E-state index is 0.0514. The number of para-hydroxylation sites is 1. The fourth-order valence-electron chi connectivity index (χ4n) is 3.11. The predicted octanol–water partition coefficient (Wildman–Crippen LogP) is 3.50. The Balaban J connectivity index is 1.68. The summed E-state index contributed by atoms with van der Waals surface area (Å²) in [5.41, 5.74) is 4.54. The van der Waals surface area contributed by atoms with Crippen LogP contribution >= 0.6 is 0 Å². The quantitative estimate of drug-likeness (QED) is 0.480. The number of nitrogens with zero attached hydrogens (tertiary/aromatic N) is 1. The molecule has 0 fully saturated rings. The minimum Gasteiger partial charge on any atom is -0.352 e. The standard InChI is InChI=1S/C22H26N4O3S/c1-15-10-11-19(30(28,29)26-21-9-5-4-7-16(21)2)13-20(15)22(27)23-12-6-8-18-14-24-25-17(18)3/h4-5,7,9-11,13-14,26H,6,8,12H2,1-3H3,(H,23,27)(H,24,25). The van der Waals surface area contributed by atoms with E-state index in [4.69, 9.17) is 0 Å². The van der Waals surface area contributed by atoms with Crippen LogP contribution in [0.2, 0.25) is 0 Å². The van der Waals surface area contributed by atoms with Crippen LogP contribution in [0, 0.1) is 20.8 Å². The molecule has 0 radical (unpaired) electrons. The summed E-state index contributed by atoms with van der Waals surface area (Å²) in [6.45, 7) is 6.06. The average molecular weight is 427 g/mol. The van der Waals surface area contributed by atoms with E-state index in [1.54, 1.807) is 31.3 Å². The van der Waals surface area contributed by atoms with E-state index in [9.17, 15) is 13.2 Å². The Morgan fingerprint density at radius 2 is 1.83 bits per heavy atom. The molecule has 3 N–H and O–H groups in total. The molecule has 0 atom stereocenters. The SMILES string of the molecule is Cc1ccccc1NS(=O)(=O)c1ccc(C)c(C(=O)NCCCc2cn[nH]c2C)c1. The number of nitrogens with one attached hydrogen (secondary N) is 3. The number of amides is 1. The summed E-state index contributed by atoms with van der Waals surface area (Å²) >= 11 is 0. The van der Waals surface area contributed by atoms with E-state index in [0.717, 1.165) is 29.7 Å². The third kappa shape index (κ3) is 5.07. The molecule has 0 spiro atoms. The monoisotopic (exact) mass is 426 g/mol. The van der Waals surface area contributed by atoms with Gasteiger partial charge < -0.3 is 5.32 Å². The van der Waals surface area contributed by atoms with Crippen molar-refractivity contribution < 1.29 is 13.2 Å². The van der Waals surface area contributed by atoms with Gasteiger partial charge in [0.25, 0.3) is 15.9 Å². The maximum absolute atomic E-state index is 12.8. The first kappa shape index (κ1) is 21.6. The summed E-state index contributed by atoms with van der Waals surface area (Å²) in [4.78, 5) is 12.7. The molecule has 3 aromatic rings. The van der Waals surface area contributed by atoms with Gasteiger partial charge in [-0.15, -0.1) is 0 Å². The summed E-state index contributed by atoms with van der Waals surface area (Å²) in [7, 11) is -3.81. The van der Waals surface area contributed by atoms with Crippen molar-refractivity contribution in [2.45, 2.75) is 38.5 Å². The van der Waals surface area contributed by atoms with Crippen molar-refractivity contribution in [2.75, 3.05) is 11.3 Å². The van der Waals surface area contributed by atoms with E-state index in [1.165, 1.54) is 12.1 Å². The summed E-state index contributed by atoms with van der Waals surface area (Å²) in [5.74, 6) is -0.288. The lowest BCUT2D eigenvalue weighted by Gasteiger charge is -2.13. The van der Waals surface area contributed by atoms with Gasteiger partial charge in [0.05, 0.1) is 16.8 Å². The van der Waals surface area contributed by atoms with Crippen molar-refractivity contribution in [3.63, 3.8) is 0 Å². The highest BCUT2D eigenvalue weighted by Crippen LogP contribution is 2.21. The second-order valence-electron chi connectivity index (χ2n) is 7.28. The molecule has 3 rings (SSSR count). The van der Waals surface area contributed by atoms with Gasteiger partial charge in [0.15, 0.2) is 0 Å². The lowest BCUT2D eigenvalue weighted by molar-refractivity contribution is 0.0952. The maximum Gasteiger partial charge on any atom is 0.261 e. The zero-order valence-electron chi connectivity index (χ0n) is 17.3. The number of benzene rings is 2. The summed E-state index contributed by atoms with van der Waals surface area (Å²) in [6.07, 6.45) is 3.35. The van der Waals surface area contributed by atoms with Crippen LogP contribution < -0.4 is 10.0 Å². The van der Waals surface area contributed by atoms with E-state index in [2.05, 4.69) is 20.2 Å². The van der Waals surface area contributed by atoms with Gasteiger partial charge in [0, 0.05) is 17.8 Å². The summed E-state index contributed by atoms with van der Waals surface area (Å²) < 4.78 is 28.2. The van der Waals surface area contributed by atoms with Crippen LogP contribution in [0.4, 0.5) is 5.69 Å². The maximum atomic E-state index is 12.8. The molecule has 1 amide bonds. The van der Waals surface area contributed by atoms with E-state index >= 15 is 0 Å². The second-order valence-corrected chi connectivity index (χ2v) is 8.96. The van der Waals surface area contributed by atoms with Gasteiger partial charge in [0.2, 0.25) is 0 Å². The molecule has 0 unspecified atom stereocenters. The number of carbonyl (C=O) groups is 1. The molecule has 0 saturated heterocycles. The first-order valence-corrected chi connectivity index (χ1v) is 11.2. The third-order valence-corrected chi connectivity index (χ3v) is 6.36. The van der Waals surface area contributed by atoms with Crippen molar-refractivity contribution in [1.82, 2.24) is 15.5 Å². The van der Waals surface area contributed by atoms with Crippen molar-refractivity contribution in [3.05, 3.63) is 76.6 Å². The minimum atomic E-state index is -3.81. The molecule has 2 aromatic carbocycles. The van der Waals surface area contributed by atoms with Crippen LogP contribution in [-0.4, -0.2) is 31.1 Å². The molecule has 0 aliphatic rings. The van der Waals surface area contributed by atoms with Crippen LogP contribution in [0.1, 0.15) is 39.2 Å². The van der Waals surface area contributed by atoms with Gasteiger partial charge in [-0.25, -0.2) is 8.42 Å². The fraction of sp³-hybridized carbons (Fsp3) is 0.273. The topological polar surface area (TPSA) is 104 Å². The Labute approximate surface area is 177 Å². The normalized spacial score (nSPS) is 11.3. The molecule has 0 bridgehead atoms. The zero-order valence-corrected chi connectivity index (χ0v) is 18.1. The van der Waals surface area contributed by atoms with Gasteiger partial charge >= 0.3 is 0 Å². The number of H-pyrrole nitrogens is 1. The van der Waals surface area contributed by atoms with Crippen LogP contribution in [0.15, 0.2) is 53.6 Å². The van der Waals surface area contributed by atoms with E-state index < -0.39 is 10.0 Å².